The van der Waals surface area contributed by atoms with Gasteiger partial charge in [0.1, 0.15) is 5.82 Å². The zero-order valence-corrected chi connectivity index (χ0v) is 12.0. The molecule has 0 aliphatic carbocycles. The van der Waals surface area contributed by atoms with Gasteiger partial charge in [-0.3, -0.25) is 4.72 Å². The van der Waals surface area contributed by atoms with Crippen molar-refractivity contribution in [1.82, 2.24) is 9.36 Å². The van der Waals surface area contributed by atoms with Crippen molar-refractivity contribution in [3.8, 4) is 0 Å². The summed E-state index contributed by atoms with van der Waals surface area (Å²) in [4.78, 5) is 14.6. The molecule has 9 heteroatoms. The number of rotatable bonds is 5. The van der Waals surface area contributed by atoms with E-state index in [1.165, 1.54) is 24.3 Å². The maximum absolute atomic E-state index is 11.9. The molecule has 1 heterocycles. The molecule has 2 N–H and O–H groups in total. The molecule has 0 saturated carbocycles. The Hall–Kier alpha value is -2.00. The minimum absolute atomic E-state index is 0.110. The smallest absolute Gasteiger partial charge is 0.335 e. The lowest BCUT2D eigenvalue weighted by molar-refractivity contribution is 0.0697. The molecule has 2 aromatic rings. The molecule has 0 fully saturated rings. The first-order chi connectivity index (χ1) is 9.35. The van der Waals surface area contributed by atoms with E-state index in [4.69, 9.17) is 5.11 Å². The van der Waals surface area contributed by atoms with Crippen LogP contribution in [0.15, 0.2) is 24.3 Å². The Kier molecular flexibility index (Phi) is 4.00. The van der Waals surface area contributed by atoms with Gasteiger partial charge in [0, 0.05) is 11.5 Å². The molecule has 2 rings (SSSR count). The lowest BCUT2D eigenvalue weighted by atomic mass is 10.1. The Bertz CT molecular complexity index is 722. The first-order valence-corrected chi connectivity index (χ1v) is 7.91. The fourth-order valence-electron chi connectivity index (χ4n) is 1.47. The molecule has 0 spiro atoms. The standard InChI is InChI=1S/C11H11N3O4S2/c1-7-12-11(19-13-7)14-20(17,18)6-8-2-4-9(5-3-8)10(15)16/h2-5H,6H2,1H3,(H,15,16)(H,12,13,14). The van der Waals surface area contributed by atoms with Gasteiger partial charge >= 0.3 is 5.97 Å². The zero-order chi connectivity index (χ0) is 14.8. The first-order valence-electron chi connectivity index (χ1n) is 5.49. The molecule has 1 aromatic carbocycles. The molecule has 1 aromatic heterocycles. The number of nitrogens with zero attached hydrogens (tertiary/aromatic N) is 2. The van der Waals surface area contributed by atoms with Crippen molar-refractivity contribution in [2.24, 2.45) is 0 Å². The molecule has 0 unspecified atom stereocenters. The second kappa shape index (κ2) is 5.55. The van der Waals surface area contributed by atoms with Crippen LogP contribution >= 0.6 is 11.5 Å². The molecular formula is C11H11N3O4S2. The molecule has 0 radical (unpaired) electrons. The second-order valence-corrected chi connectivity index (χ2v) is 6.48. The lowest BCUT2D eigenvalue weighted by Crippen LogP contribution is -2.15. The van der Waals surface area contributed by atoms with E-state index in [0.29, 0.717) is 11.4 Å². The number of carbonyl (C=O) groups is 1. The maximum Gasteiger partial charge on any atom is 0.335 e. The number of hydrogen-bond acceptors (Lipinski definition) is 6. The quantitative estimate of drug-likeness (QED) is 0.865. The third kappa shape index (κ3) is 3.75. The number of carboxylic acid groups (broad SMARTS) is 1. The highest BCUT2D eigenvalue weighted by Crippen LogP contribution is 2.15. The Morgan fingerprint density at radius 2 is 2.00 bits per heavy atom. The Morgan fingerprint density at radius 3 is 2.50 bits per heavy atom. The van der Waals surface area contributed by atoms with Crippen LogP contribution in [0.1, 0.15) is 21.7 Å². The van der Waals surface area contributed by atoms with E-state index >= 15 is 0 Å². The van der Waals surface area contributed by atoms with Crippen molar-refractivity contribution in [1.29, 1.82) is 0 Å². The summed E-state index contributed by atoms with van der Waals surface area (Å²) in [5.74, 6) is -0.814. The van der Waals surface area contributed by atoms with Crippen molar-refractivity contribution in [3.05, 3.63) is 41.2 Å². The van der Waals surface area contributed by atoms with E-state index < -0.39 is 16.0 Å². The van der Waals surface area contributed by atoms with E-state index in [1.54, 1.807) is 6.92 Å². The predicted octanol–water partition coefficient (Wildman–Crippen LogP) is 1.49. The molecule has 0 atom stereocenters. The number of hydrogen-bond donors (Lipinski definition) is 2. The number of aryl methyl sites for hydroxylation is 1. The number of aromatic carboxylic acids is 1. The van der Waals surface area contributed by atoms with Crippen LogP contribution in [0.2, 0.25) is 0 Å². The van der Waals surface area contributed by atoms with Crippen LogP contribution in [0, 0.1) is 6.92 Å². The van der Waals surface area contributed by atoms with Gasteiger partial charge in [0.25, 0.3) is 0 Å². The topological polar surface area (TPSA) is 109 Å². The average Bonchev–Trinajstić information content (AvgIpc) is 2.73. The zero-order valence-electron chi connectivity index (χ0n) is 10.4. The average molecular weight is 313 g/mol. The molecule has 0 amide bonds. The number of aromatic nitrogens is 2. The van der Waals surface area contributed by atoms with Crippen molar-refractivity contribution in [3.63, 3.8) is 0 Å². The van der Waals surface area contributed by atoms with Gasteiger partial charge < -0.3 is 5.11 Å². The molecule has 20 heavy (non-hydrogen) atoms. The molecule has 0 aliphatic rings. The third-order valence-electron chi connectivity index (χ3n) is 2.33. The first kappa shape index (κ1) is 14.4. The van der Waals surface area contributed by atoms with Gasteiger partial charge in [-0.1, -0.05) is 12.1 Å². The molecular weight excluding hydrogens is 302 g/mol. The maximum atomic E-state index is 11.9. The van der Waals surface area contributed by atoms with E-state index in [-0.39, 0.29) is 16.4 Å². The minimum atomic E-state index is -3.60. The number of carboxylic acids is 1. The highest BCUT2D eigenvalue weighted by Gasteiger charge is 2.14. The van der Waals surface area contributed by atoms with Crippen LogP contribution in [0.5, 0.6) is 0 Å². The van der Waals surface area contributed by atoms with E-state index in [9.17, 15) is 13.2 Å². The van der Waals surface area contributed by atoms with E-state index in [0.717, 1.165) is 11.5 Å². The van der Waals surface area contributed by atoms with E-state index in [1.807, 2.05) is 0 Å². The normalized spacial score (nSPS) is 11.2. The number of benzene rings is 1. The Balaban J connectivity index is 2.09. The minimum Gasteiger partial charge on any atom is -0.478 e. The summed E-state index contributed by atoms with van der Waals surface area (Å²) in [6.45, 7) is 1.67. The summed E-state index contributed by atoms with van der Waals surface area (Å²) >= 11 is 0.964. The van der Waals surface area contributed by atoms with Crippen LogP contribution in [-0.4, -0.2) is 28.9 Å². The molecule has 7 nitrogen and oxygen atoms in total. The van der Waals surface area contributed by atoms with Crippen LogP contribution < -0.4 is 4.72 Å². The van der Waals surface area contributed by atoms with Gasteiger partial charge in [0.05, 0.1) is 11.3 Å². The summed E-state index contributed by atoms with van der Waals surface area (Å²) in [6.07, 6.45) is 0. The number of nitrogens with one attached hydrogen (secondary N) is 1. The monoisotopic (exact) mass is 313 g/mol. The van der Waals surface area contributed by atoms with Gasteiger partial charge in [-0.15, -0.1) is 0 Å². The van der Waals surface area contributed by atoms with Crippen LogP contribution in [0.25, 0.3) is 0 Å². The molecule has 0 saturated heterocycles. The van der Waals surface area contributed by atoms with Gasteiger partial charge in [0.2, 0.25) is 15.2 Å². The van der Waals surface area contributed by atoms with Gasteiger partial charge in [-0.25, -0.2) is 18.2 Å². The molecule has 106 valence electrons. The van der Waals surface area contributed by atoms with Crippen molar-refractivity contribution in [2.75, 3.05) is 4.72 Å². The summed E-state index contributed by atoms with van der Waals surface area (Å²) in [6, 6.07) is 5.66. The van der Waals surface area contributed by atoms with Crippen molar-refractivity contribution in [2.45, 2.75) is 12.7 Å². The fourth-order valence-corrected chi connectivity index (χ4v) is 3.45. The van der Waals surface area contributed by atoms with Crippen LogP contribution in [-0.2, 0) is 15.8 Å². The summed E-state index contributed by atoms with van der Waals surface area (Å²) in [5, 5.41) is 8.97. The highest BCUT2D eigenvalue weighted by molar-refractivity contribution is 7.92. The van der Waals surface area contributed by atoms with Gasteiger partial charge in [-0.2, -0.15) is 4.37 Å². The van der Waals surface area contributed by atoms with E-state index in [2.05, 4.69) is 14.1 Å². The number of sulfonamides is 1. The Labute approximate surface area is 119 Å². The summed E-state index contributed by atoms with van der Waals surface area (Å²) in [7, 11) is -3.60. The summed E-state index contributed by atoms with van der Waals surface area (Å²) < 4.78 is 30.0. The van der Waals surface area contributed by atoms with Crippen molar-refractivity contribution < 1.29 is 18.3 Å². The Morgan fingerprint density at radius 1 is 1.35 bits per heavy atom. The highest BCUT2D eigenvalue weighted by atomic mass is 32.2. The lowest BCUT2D eigenvalue weighted by Gasteiger charge is -2.05. The second-order valence-electron chi connectivity index (χ2n) is 4.01. The molecule has 0 aliphatic heterocycles. The van der Waals surface area contributed by atoms with Gasteiger partial charge in [0.15, 0.2) is 0 Å². The van der Waals surface area contributed by atoms with Crippen LogP contribution in [0.3, 0.4) is 0 Å². The fraction of sp³-hybridized carbons (Fsp3) is 0.182. The van der Waals surface area contributed by atoms with Crippen molar-refractivity contribution >= 4 is 32.7 Å². The van der Waals surface area contributed by atoms with Crippen LogP contribution in [0.4, 0.5) is 5.13 Å². The summed E-state index contributed by atoms with van der Waals surface area (Å²) in [5.41, 5.74) is 0.600. The predicted molar refractivity (Wildman–Crippen MR) is 74.3 cm³/mol. The number of anilines is 1. The van der Waals surface area contributed by atoms with Gasteiger partial charge in [-0.05, 0) is 24.6 Å². The third-order valence-corrected chi connectivity index (χ3v) is 4.40. The SMILES string of the molecule is Cc1nsc(NS(=O)(=O)Cc2ccc(C(=O)O)cc2)n1. The largest absolute Gasteiger partial charge is 0.478 e. The molecule has 0 bridgehead atoms.